The van der Waals surface area contributed by atoms with Crippen molar-refractivity contribution in [2.24, 2.45) is 10.4 Å². The number of allylic oxidation sites excluding steroid dienone is 2. The summed E-state index contributed by atoms with van der Waals surface area (Å²) in [4.78, 5) is 17.9. The van der Waals surface area contributed by atoms with E-state index in [2.05, 4.69) is 24.3 Å². The monoisotopic (exact) mass is 397 g/mol. The molecule has 30 heavy (non-hydrogen) atoms. The van der Waals surface area contributed by atoms with Gasteiger partial charge in [-0.3, -0.25) is 9.79 Å². The number of Topliss-reactive ketones (excluding diaryl/α,β-unsaturated/α-hetero) is 1. The number of fused-ring (bicyclic) bond motifs is 1. The minimum Gasteiger partial charge on any atom is -0.511 e. The van der Waals surface area contributed by atoms with Crippen LogP contribution >= 0.6 is 0 Å². The van der Waals surface area contributed by atoms with Gasteiger partial charge in [0.2, 0.25) is 0 Å². The molecule has 1 N–H and O–H groups in total. The fraction of sp³-hybridized carbons (Fsp3) is 0.259. The summed E-state index contributed by atoms with van der Waals surface area (Å²) < 4.78 is 0. The zero-order valence-corrected chi connectivity index (χ0v) is 17.8. The largest absolute Gasteiger partial charge is 0.511 e. The molecule has 0 atom stereocenters. The summed E-state index contributed by atoms with van der Waals surface area (Å²) >= 11 is 0. The van der Waals surface area contributed by atoms with Crippen molar-refractivity contribution in [3.05, 3.63) is 89.2 Å². The fourth-order valence-electron chi connectivity index (χ4n) is 4.20. The summed E-state index contributed by atoms with van der Waals surface area (Å²) in [5.74, 6) is 0.122. The van der Waals surface area contributed by atoms with Crippen LogP contribution in [0.2, 0.25) is 0 Å². The molecule has 0 spiro atoms. The Labute approximate surface area is 177 Å². The van der Waals surface area contributed by atoms with Crippen LogP contribution in [0.25, 0.3) is 10.8 Å². The molecule has 3 nitrogen and oxygen atoms in total. The molecule has 0 radical (unpaired) electrons. The van der Waals surface area contributed by atoms with E-state index in [1.807, 2.05) is 63.2 Å². The van der Waals surface area contributed by atoms with Crippen molar-refractivity contribution < 1.29 is 9.90 Å². The average molecular weight is 398 g/mol. The molecule has 152 valence electrons. The lowest BCUT2D eigenvalue weighted by Gasteiger charge is -2.30. The minimum absolute atomic E-state index is 0.0325. The van der Waals surface area contributed by atoms with Gasteiger partial charge in [-0.15, -0.1) is 0 Å². The SMILES string of the molecule is Cc1ccc(N=C(Cc2cccc3ccccc23)C2=C(O)CC(C)(C)CC2=O)cc1. The third-order valence-electron chi connectivity index (χ3n) is 5.68. The van der Waals surface area contributed by atoms with Crippen molar-refractivity contribution in [3.8, 4) is 0 Å². The van der Waals surface area contributed by atoms with E-state index < -0.39 is 0 Å². The maximum Gasteiger partial charge on any atom is 0.168 e. The van der Waals surface area contributed by atoms with Crippen molar-refractivity contribution in [2.75, 3.05) is 0 Å². The third-order valence-corrected chi connectivity index (χ3v) is 5.68. The number of aliphatic hydroxyl groups excluding tert-OH is 1. The Morgan fingerprint density at radius 3 is 2.40 bits per heavy atom. The van der Waals surface area contributed by atoms with Crippen molar-refractivity contribution in [1.82, 2.24) is 0 Å². The Hall–Kier alpha value is -3.20. The normalized spacial score (nSPS) is 16.9. The molecule has 3 aromatic carbocycles. The number of carbonyl (C=O) groups is 1. The van der Waals surface area contributed by atoms with E-state index in [0.717, 1.165) is 27.6 Å². The first-order chi connectivity index (χ1) is 14.3. The number of nitrogens with zero attached hydrogens (tertiary/aromatic N) is 1. The van der Waals surface area contributed by atoms with Crippen molar-refractivity contribution >= 4 is 28.0 Å². The molecule has 1 aliphatic carbocycles. The number of ketones is 1. The molecule has 4 rings (SSSR count). The summed E-state index contributed by atoms with van der Waals surface area (Å²) in [6, 6.07) is 22.3. The molecule has 3 heteroatoms. The van der Waals surface area contributed by atoms with Crippen LogP contribution in [0, 0.1) is 12.3 Å². The first-order valence-electron chi connectivity index (χ1n) is 10.4. The topological polar surface area (TPSA) is 49.7 Å². The van der Waals surface area contributed by atoms with Crippen LogP contribution in [0.1, 0.15) is 37.8 Å². The van der Waals surface area contributed by atoms with Gasteiger partial charge in [-0.05, 0) is 40.8 Å². The van der Waals surface area contributed by atoms with Crippen LogP contribution in [-0.2, 0) is 11.2 Å². The van der Waals surface area contributed by atoms with Gasteiger partial charge in [-0.25, -0.2) is 0 Å². The Morgan fingerprint density at radius 2 is 1.67 bits per heavy atom. The molecule has 0 heterocycles. The molecule has 0 bridgehead atoms. The molecule has 0 aliphatic heterocycles. The summed E-state index contributed by atoms with van der Waals surface area (Å²) in [7, 11) is 0. The summed E-state index contributed by atoms with van der Waals surface area (Å²) in [6.07, 6.45) is 1.38. The number of hydrogen-bond acceptors (Lipinski definition) is 3. The van der Waals surface area contributed by atoms with Gasteiger partial charge in [0.25, 0.3) is 0 Å². The highest BCUT2D eigenvalue weighted by Crippen LogP contribution is 2.37. The van der Waals surface area contributed by atoms with E-state index >= 15 is 0 Å². The number of aryl methyl sites for hydroxylation is 1. The maximum absolute atomic E-state index is 13.1. The van der Waals surface area contributed by atoms with Crippen LogP contribution < -0.4 is 0 Å². The van der Waals surface area contributed by atoms with E-state index in [-0.39, 0.29) is 17.0 Å². The van der Waals surface area contributed by atoms with Gasteiger partial charge in [0.15, 0.2) is 5.78 Å². The second-order valence-electron chi connectivity index (χ2n) is 8.97. The predicted molar refractivity (Wildman–Crippen MR) is 124 cm³/mol. The quantitative estimate of drug-likeness (QED) is 0.500. The molecule has 0 saturated heterocycles. The average Bonchev–Trinajstić information content (AvgIpc) is 2.68. The van der Waals surface area contributed by atoms with Crippen LogP contribution in [-0.4, -0.2) is 16.6 Å². The van der Waals surface area contributed by atoms with E-state index in [1.165, 1.54) is 0 Å². The molecule has 0 saturated carbocycles. The second-order valence-corrected chi connectivity index (χ2v) is 8.97. The zero-order valence-electron chi connectivity index (χ0n) is 17.8. The Bertz CT molecular complexity index is 1160. The standard InChI is InChI=1S/C27H27NO2/c1-18-11-13-21(14-12-18)28-23(26-24(29)16-27(2,3)17-25(26)30)15-20-9-6-8-19-7-4-5-10-22(19)20/h4-14,29H,15-17H2,1-3H3. The van der Waals surface area contributed by atoms with Crippen LogP contribution in [0.4, 0.5) is 5.69 Å². The molecule has 1 aliphatic rings. The number of benzene rings is 3. The lowest BCUT2D eigenvalue weighted by Crippen LogP contribution is -2.30. The van der Waals surface area contributed by atoms with Crippen LogP contribution in [0.15, 0.2) is 83.1 Å². The van der Waals surface area contributed by atoms with E-state index in [9.17, 15) is 9.90 Å². The van der Waals surface area contributed by atoms with Gasteiger partial charge in [0.05, 0.1) is 17.0 Å². The fourth-order valence-corrected chi connectivity index (χ4v) is 4.20. The second kappa shape index (κ2) is 7.91. The van der Waals surface area contributed by atoms with Crippen molar-refractivity contribution in [3.63, 3.8) is 0 Å². The van der Waals surface area contributed by atoms with Crippen molar-refractivity contribution in [2.45, 2.75) is 40.0 Å². The van der Waals surface area contributed by atoms with E-state index in [0.29, 0.717) is 30.5 Å². The lowest BCUT2D eigenvalue weighted by molar-refractivity contribution is -0.117. The number of aliphatic hydroxyl groups is 1. The predicted octanol–water partition coefficient (Wildman–Crippen LogP) is 6.66. The number of hydrogen-bond donors (Lipinski definition) is 1. The summed E-state index contributed by atoms with van der Waals surface area (Å²) in [5.41, 5.74) is 3.82. The zero-order chi connectivity index (χ0) is 21.3. The van der Waals surface area contributed by atoms with Crippen molar-refractivity contribution in [1.29, 1.82) is 0 Å². The molecule has 3 aromatic rings. The molecule has 0 aromatic heterocycles. The third kappa shape index (κ3) is 4.20. The van der Waals surface area contributed by atoms with Gasteiger partial charge in [0, 0.05) is 19.3 Å². The van der Waals surface area contributed by atoms with Gasteiger partial charge in [0.1, 0.15) is 5.76 Å². The minimum atomic E-state index is -0.237. The van der Waals surface area contributed by atoms with E-state index in [1.54, 1.807) is 0 Å². The van der Waals surface area contributed by atoms with Gasteiger partial charge >= 0.3 is 0 Å². The van der Waals surface area contributed by atoms with E-state index in [4.69, 9.17) is 4.99 Å². The highest BCUT2D eigenvalue weighted by molar-refractivity contribution is 6.24. The van der Waals surface area contributed by atoms with Gasteiger partial charge in [-0.1, -0.05) is 74.0 Å². The molecule has 0 unspecified atom stereocenters. The number of carbonyl (C=O) groups excluding carboxylic acids is 1. The molecular formula is C27H27NO2. The highest BCUT2D eigenvalue weighted by atomic mass is 16.3. The number of aliphatic imine (C=N–C) groups is 1. The van der Waals surface area contributed by atoms with Gasteiger partial charge in [-0.2, -0.15) is 0 Å². The molecular weight excluding hydrogens is 370 g/mol. The number of rotatable bonds is 4. The molecule has 0 amide bonds. The highest BCUT2D eigenvalue weighted by Gasteiger charge is 2.35. The lowest BCUT2D eigenvalue weighted by atomic mass is 9.75. The first kappa shape index (κ1) is 20.1. The summed E-state index contributed by atoms with van der Waals surface area (Å²) in [6.45, 7) is 6.06. The molecule has 0 fully saturated rings. The Kier molecular flexibility index (Phi) is 5.29. The summed E-state index contributed by atoms with van der Waals surface area (Å²) in [5, 5.41) is 13.1. The van der Waals surface area contributed by atoms with Crippen LogP contribution in [0.3, 0.4) is 0 Å². The first-order valence-corrected chi connectivity index (χ1v) is 10.4. The maximum atomic E-state index is 13.1. The smallest absolute Gasteiger partial charge is 0.168 e. The Balaban J connectivity index is 1.84. The van der Waals surface area contributed by atoms with Gasteiger partial charge < -0.3 is 5.11 Å². The van der Waals surface area contributed by atoms with Crippen LogP contribution in [0.5, 0.6) is 0 Å². The Morgan fingerprint density at radius 1 is 0.967 bits per heavy atom.